The first-order valence-electron chi connectivity index (χ1n) is 5.86. The lowest BCUT2D eigenvalue weighted by atomic mass is 10.1. The Bertz CT molecular complexity index is 456. The summed E-state index contributed by atoms with van der Waals surface area (Å²) in [4.78, 5) is 24.2. The van der Waals surface area contributed by atoms with Crippen LogP contribution in [0.25, 0.3) is 0 Å². The summed E-state index contributed by atoms with van der Waals surface area (Å²) < 4.78 is 0. The van der Waals surface area contributed by atoms with Gasteiger partial charge < -0.3 is 10.0 Å². The summed E-state index contributed by atoms with van der Waals surface area (Å²) in [5.41, 5.74) is 2.17. The van der Waals surface area contributed by atoms with Gasteiger partial charge in [-0.05, 0) is 12.5 Å². The smallest absolute Gasteiger partial charge is 0.322 e. The average Bonchev–Trinajstić information content (AvgIpc) is 2.34. The molecule has 1 saturated heterocycles. The number of aliphatic carboxylic acids is 1. The number of hydrogen-bond acceptors (Lipinski definition) is 3. The van der Waals surface area contributed by atoms with Crippen LogP contribution in [0.15, 0.2) is 24.3 Å². The van der Waals surface area contributed by atoms with E-state index in [0.717, 1.165) is 11.1 Å². The number of amides is 1. The first-order chi connectivity index (χ1) is 8.56. The summed E-state index contributed by atoms with van der Waals surface area (Å²) in [5.74, 6) is -0.982. The van der Waals surface area contributed by atoms with Crippen molar-refractivity contribution in [3.8, 4) is 0 Å². The zero-order chi connectivity index (χ0) is 13.1. The van der Waals surface area contributed by atoms with Gasteiger partial charge in [0.25, 0.3) is 0 Å². The van der Waals surface area contributed by atoms with Crippen molar-refractivity contribution in [3.05, 3.63) is 35.4 Å². The predicted octanol–water partition coefficient (Wildman–Crippen LogP) is 0.380. The van der Waals surface area contributed by atoms with Crippen molar-refractivity contribution in [2.45, 2.75) is 19.5 Å². The first kappa shape index (κ1) is 12.6. The zero-order valence-electron chi connectivity index (χ0n) is 10.2. The molecule has 0 radical (unpaired) electrons. The number of piperazine rings is 1. The van der Waals surface area contributed by atoms with Gasteiger partial charge in [-0.2, -0.15) is 0 Å². The van der Waals surface area contributed by atoms with Crippen LogP contribution < -0.4 is 5.32 Å². The maximum Gasteiger partial charge on any atom is 0.322 e. The Kier molecular flexibility index (Phi) is 3.62. The van der Waals surface area contributed by atoms with Crippen LogP contribution in [0.5, 0.6) is 0 Å². The van der Waals surface area contributed by atoms with Crippen LogP contribution >= 0.6 is 0 Å². The molecule has 1 aromatic carbocycles. The average molecular weight is 248 g/mol. The van der Waals surface area contributed by atoms with Crippen molar-refractivity contribution in [1.29, 1.82) is 0 Å². The SMILES string of the molecule is Cc1ccc(CN2CC(C(=O)O)NCC2=O)cc1. The van der Waals surface area contributed by atoms with Crippen LogP contribution in [0.4, 0.5) is 0 Å². The van der Waals surface area contributed by atoms with E-state index in [1.165, 1.54) is 0 Å². The lowest BCUT2D eigenvalue weighted by Crippen LogP contribution is -2.56. The third-order valence-electron chi connectivity index (χ3n) is 3.05. The van der Waals surface area contributed by atoms with Gasteiger partial charge in [-0.3, -0.25) is 14.9 Å². The van der Waals surface area contributed by atoms with Crippen molar-refractivity contribution in [3.63, 3.8) is 0 Å². The Morgan fingerprint density at radius 2 is 2.11 bits per heavy atom. The number of nitrogens with zero attached hydrogens (tertiary/aromatic N) is 1. The van der Waals surface area contributed by atoms with Crippen molar-refractivity contribution >= 4 is 11.9 Å². The third kappa shape index (κ3) is 2.87. The number of rotatable bonds is 3. The van der Waals surface area contributed by atoms with Gasteiger partial charge in [0.05, 0.1) is 6.54 Å². The molecule has 1 aliphatic rings. The summed E-state index contributed by atoms with van der Waals surface area (Å²) in [5, 5.41) is 11.6. The van der Waals surface area contributed by atoms with E-state index in [4.69, 9.17) is 5.11 Å². The van der Waals surface area contributed by atoms with Gasteiger partial charge >= 0.3 is 5.97 Å². The van der Waals surface area contributed by atoms with E-state index in [-0.39, 0.29) is 19.0 Å². The summed E-state index contributed by atoms with van der Waals surface area (Å²) in [6.45, 7) is 2.76. The van der Waals surface area contributed by atoms with Crippen LogP contribution in [0.1, 0.15) is 11.1 Å². The molecule has 18 heavy (non-hydrogen) atoms. The molecule has 0 aromatic heterocycles. The van der Waals surface area contributed by atoms with Crippen molar-refractivity contribution < 1.29 is 14.7 Å². The van der Waals surface area contributed by atoms with Gasteiger partial charge in [0.2, 0.25) is 5.91 Å². The van der Waals surface area contributed by atoms with E-state index in [0.29, 0.717) is 6.54 Å². The summed E-state index contributed by atoms with van der Waals surface area (Å²) >= 11 is 0. The number of carbonyl (C=O) groups is 2. The van der Waals surface area contributed by atoms with Crippen LogP contribution in [0.3, 0.4) is 0 Å². The molecule has 1 aromatic rings. The molecule has 0 saturated carbocycles. The standard InChI is InChI=1S/C13H16N2O3/c1-9-2-4-10(5-3-9)7-15-8-11(13(17)18)14-6-12(15)16/h2-5,11,14H,6-8H2,1H3,(H,17,18). The zero-order valence-corrected chi connectivity index (χ0v) is 10.2. The number of nitrogens with one attached hydrogen (secondary N) is 1. The highest BCUT2D eigenvalue weighted by molar-refractivity contribution is 5.83. The quantitative estimate of drug-likeness (QED) is 0.811. The van der Waals surface area contributed by atoms with Crippen LogP contribution in [-0.2, 0) is 16.1 Å². The van der Waals surface area contributed by atoms with Crippen LogP contribution in [0, 0.1) is 6.92 Å². The van der Waals surface area contributed by atoms with Gasteiger partial charge in [0.1, 0.15) is 6.04 Å². The largest absolute Gasteiger partial charge is 0.480 e. The highest BCUT2D eigenvalue weighted by Crippen LogP contribution is 2.10. The fraction of sp³-hybridized carbons (Fsp3) is 0.385. The van der Waals surface area contributed by atoms with E-state index in [2.05, 4.69) is 5.32 Å². The topological polar surface area (TPSA) is 69.6 Å². The van der Waals surface area contributed by atoms with Gasteiger partial charge in [-0.1, -0.05) is 29.8 Å². The molecule has 96 valence electrons. The lowest BCUT2D eigenvalue weighted by Gasteiger charge is -2.31. The molecule has 0 spiro atoms. The van der Waals surface area contributed by atoms with E-state index in [1.54, 1.807) is 4.90 Å². The first-order valence-corrected chi connectivity index (χ1v) is 5.86. The molecule has 1 atom stereocenters. The Balaban J connectivity index is 2.04. The number of carboxylic acids is 1. The van der Waals surface area contributed by atoms with E-state index in [9.17, 15) is 9.59 Å². The fourth-order valence-electron chi connectivity index (χ4n) is 1.94. The Morgan fingerprint density at radius 3 is 2.72 bits per heavy atom. The third-order valence-corrected chi connectivity index (χ3v) is 3.05. The van der Waals surface area contributed by atoms with Gasteiger partial charge in [-0.15, -0.1) is 0 Å². The molecule has 5 nitrogen and oxygen atoms in total. The lowest BCUT2D eigenvalue weighted by molar-refractivity contribution is -0.144. The second-order valence-electron chi connectivity index (χ2n) is 4.53. The highest BCUT2D eigenvalue weighted by Gasteiger charge is 2.29. The highest BCUT2D eigenvalue weighted by atomic mass is 16.4. The Hall–Kier alpha value is -1.88. The number of benzene rings is 1. The minimum Gasteiger partial charge on any atom is -0.480 e. The van der Waals surface area contributed by atoms with Crippen molar-refractivity contribution in [2.75, 3.05) is 13.1 Å². The molecule has 2 N–H and O–H groups in total. The number of carboxylic acid groups (broad SMARTS) is 1. The van der Waals surface area contributed by atoms with Gasteiger partial charge in [0.15, 0.2) is 0 Å². The molecule has 1 heterocycles. The molecule has 1 amide bonds. The van der Waals surface area contributed by atoms with Crippen molar-refractivity contribution in [2.24, 2.45) is 0 Å². The predicted molar refractivity (Wildman–Crippen MR) is 66.0 cm³/mol. The minimum atomic E-state index is -0.920. The molecule has 1 unspecified atom stereocenters. The van der Waals surface area contributed by atoms with E-state index in [1.807, 2.05) is 31.2 Å². The number of aryl methyl sites for hydroxylation is 1. The van der Waals surface area contributed by atoms with E-state index < -0.39 is 12.0 Å². The van der Waals surface area contributed by atoms with Crippen LogP contribution in [-0.4, -0.2) is 41.0 Å². The molecule has 1 aliphatic heterocycles. The van der Waals surface area contributed by atoms with E-state index >= 15 is 0 Å². The Labute approximate surface area is 105 Å². The molecule has 1 fully saturated rings. The molecule has 0 bridgehead atoms. The molecule has 5 heteroatoms. The van der Waals surface area contributed by atoms with Crippen LogP contribution in [0.2, 0.25) is 0 Å². The van der Waals surface area contributed by atoms with Gasteiger partial charge in [0, 0.05) is 13.1 Å². The second kappa shape index (κ2) is 5.18. The number of carbonyl (C=O) groups excluding carboxylic acids is 1. The summed E-state index contributed by atoms with van der Waals surface area (Å²) in [6.07, 6.45) is 0. The summed E-state index contributed by atoms with van der Waals surface area (Å²) in [6, 6.07) is 7.21. The summed E-state index contributed by atoms with van der Waals surface area (Å²) in [7, 11) is 0. The molecular weight excluding hydrogens is 232 g/mol. The number of hydrogen-bond donors (Lipinski definition) is 2. The Morgan fingerprint density at radius 1 is 1.44 bits per heavy atom. The molecule has 2 rings (SSSR count). The normalized spacial score (nSPS) is 19.9. The maximum absolute atomic E-state index is 11.7. The fourth-order valence-corrected chi connectivity index (χ4v) is 1.94. The maximum atomic E-state index is 11.7. The van der Waals surface area contributed by atoms with Crippen molar-refractivity contribution in [1.82, 2.24) is 10.2 Å². The van der Waals surface area contributed by atoms with Gasteiger partial charge in [-0.25, -0.2) is 0 Å². The monoisotopic (exact) mass is 248 g/mol. The molecule has 0 aliphatic carbocycles. The molecular formula is C13H16N2O3. The second-order valence-corrected chi connectivity index (χ2v) is 4.53. The minimum absolute atomic E-state index is 0.0620.